The molecule has 2 unspecified atom stereocenters. The Bertz CT molecular complexity index is 118. The third kappa shape index (κ3) is 0.994. The lowest BCUT2D eigenvalue weighted by Crippen LogP contribution is -2.23. The molecule has 0 N–H and O–H groups in total. The highest BCUT2D eigenvalue weighted by Gasteiger charge is 2.37. The number of piperidine rings is 1. The minimum atomic E-state index is 0.873. The molecule has 2 bridgehead atoms. The first-order chi connectivity index (χ1) is 4.40. The van der Waals surface area contributed by atoms with Gasteiger partial charge in [-0.05, 0) is 36.2 Å². The Kier molecular flexibility index (Phi) is 1.67. The van der Waals surface area contributed by atoms with Crippen molar-refractivity contribution in [3.63, 3.8) is 0 Å². The molecule has 0 amide bonds. The molecule has 2 fully saturated rings. The highest BCUT2D eigenvalue weighted by molar-refractivity contribution is 8.67. The molecular formula is C6H11NS2. The number of nitrogens with zero attached hydrogens (tertiary/aromatic N) is 1. The highest BCUT2D eigenvalue weighted by Crippen LogP contribution is 2.41. The number of rotatable bonds is 1. The van der Waals surface area contributed by atoms with Gasteiger partial charge in [0, 0.05) is 12.6 Å². The van der Waals surface area contributed by atoms with Crippen LogP contribution in [0.4, 0.5) is 0 Å². The summed E-state index contributed by atoms with van der Waals surface area (Å²) in [6.45, 7) is 1.29. The summed E-state index contributed by atoms with van der Waals surface area (Å²) in [5.74, 6) is 1.01. The zero-order valence-electron chi connectivity index (χ0n) is 5.29. The average Bonchev–Trinajstić information content (AvgIpc) is 2.45. The van der Waals surface area contributed by atoms with Crippen LogP contribution in [-0.2, 0) is 0 Å². The summed E-state index contributed by atoms with van der Waals surface area (Å²) in [4.78, 5) is 0. The fourth-order valence-corrected chi connectivity index (χ4v) is 3.18. The van der Waals surface area contributed by atoms with Crippen LogP contribution in [0.25, 0.3) is 0 Å². The third-order valence-electron chi connectivity index (χ3n) is 2.46. The lowest BCUT2D eigenvalue weighted by atomic mass is 10.1. The molecule has 0 radical (unpaired) electrons. The summed E-state index contributed by atoms with van der Waals surface area (Å²) < 4.78 is 2.41. The van der Waals surface area contributed by atoms with Crippen LogP contribution in [0.15, 0.2) is 0 Å². The van der Waals surface area contributed by atoms with Crippen molar-refractivity contribution in [2.24, 2.45) is 5.92 Å². The molecule has 0 spiro atoms. The molecule has 2 atom stereocenters. The van der Waals surface area contributed by atoms with E-state index in [1.807, 2.05) is 0 Å². The van der Waals surface area contributed by atoms with Gasteiger partial charge in [-0.3, -0.25) is 0 Å². The summed E-state index contributed by atoms with van der Waals surface area (Å²) in [5, 5.41) is 0. The van der Waals surface area contributed by atoms with Gasteiger partial charge in [-0.1, -0.05) is 11.7 Å². The van der Waals surface area contributed by atoms with E-state index in [2.05, 4.69) is 16.0 Å². The van der Waals surface area contributed by atoms with Crippen molar-refractivity contribution in [3.8, 4) is 0 Å². The fourth-order valence-electron chi connectivity index (χ4n) is 1.98. The Morgan fingerprint density at radius 2 is 2.33 bits per heavy atom. The first-order valence-corrected chi connectivity index (χ1v) is 5.31. The Morgan fingerprint density at radius 1 is 1.44 bits per heavy atom. The van der Waals surface area contributed by atoms with Crippen LogP contribution in [0.2, 0.25) is 0 Å². The van der Waals surface area contributed by atoms with Crippen LogP contribution in [0, 0.1) is 5.92 Å². The zero-order valence-corrected chi connectivity index (χ0v) is 7.00. The molecule has 2 aliphatic rings. The molecule has 0 aromatic rings. The molecule has 0 aromatic carbocycles. The number of hydrogen-bond acceptors (Lipinski definition) is 3. The van der Waals surface area contributed by atoms with Crippen molar-refractivity contribution in [1.82, 2.24) is 4.31 Å². The van der Waals surface area contributed by atoms with Gasteiger partial charge in [-0.25, -0.2) is 4.31 Å². The number of hydrogen-bond donors (Lipinski definition) is 1. The van der Waals surface area contributed by atoms with E-state index >= 15 is 0 Å². The smallest absolute Gasteiger partial charge is 0.0213 e. The Morgan fingerprint density at radius 3 is 2.67 bits per heavy atom. The zero-order chi connectivity index (χ0) is 6.27. The minimum absolute atomic E-state index is 0.873. The molecule has 1 nitrogen and oxygen atoms in total. The predicted octanol–water partition coefficient (Wildman–Crippen LogP) is 1.96. The highest BCUT2D eigenvalue weighted by atomic mass is 33.1. The molecule has 2 rings (SSSR count). The fraction of sp³-hybridized carbons (Fsp3) is 1.00. The molecule has 1 aliphatic carbocycles. The summed E-state index contributed by atoms with van der Waals surface area (Å²) in [5.41, 5.74) is 0. The summed E-state index contributed by atoms with van der Waals surface area (Å²) in [6.07, 6.45) is 4.32. The maximum atomic E-state index is 4.19. The van der Waals surface area contributed by atoms with E-state index in [9.17, 15) is 0 Å². The van der Waals surface area contributed by atoms with Crippen molar-refractivity contribution in [2.45, 2.75) is 25.3 Å². The van der Waals surface area contributed by atoms with Gasteiger partial charge in [-0.15, -0.1) is 0 Å². The topological polar surface area (TPSA) is 3.24 Å². The van der Waals surface area contributed by atoms with Crippen LogP contribution in [0.3, 0.4) is 0 Å². The van der Waals surface area contributed by atoms with Crippen LogP contribution in [0.1, 0.15) is 19.3 Å². The first kappa shape index (κ1) is 6.38. The monoisotopic (exact) mass is 161 g/mol. The summed E-state index contributed by atoms with van der Waals surface area (Å²) >= 11 is 4.19. The molecule has 3 heteroatoms. The number of fused-ring (bicyclic) bond motifs is 2. The van der Waals surface area contributed by atoms with E-state index in [0.717, 1.165) is 12.0 Å². The Labute approximate surface area is 65.1 Å². The molecule has 0 aromatic heterocycles. The normalized spacial score (nSPS) is 42.3. The molecule has 1 saturated heterocycles. The van der Waals surface area contributed by atoms with Gasteiger partial charge < -0.3 is 0 Å². The summed E-state index contributed by atoms with van der Waals surface area (Å²) in [7, 11) is 1.62. The van der Waals surface area contributed by atoms with E-state index < -0.39 is 0 Å². The standard InChI is InChI=1S/C6H11NS2/c8-9-7-4-5-1-2-6(7)3-5/h5-6,8H,1-4H2. The van der Waals surface area contributed by atoms with Crippen molar-refractivity contribution in [1.29, 1.82) is 0 Å². The van der Waals surface area contributed by atoms with E-state index in [4.69, 9.17) is 0 Å². The first-order valence-electron chi connectivity index (χ1n) is 3.48. The molecular weight excluding hydrogens is 150 g/mol. The van der Waals surface area contributed by atoms with Gasteiger partial charge in [0.1, 0.15) is 0 Å². The van der Waals surface area contributed by atoms with E-state index in [1.165, 1.54) is 25.8 Å². The maximum Gasteiger partial charge on any atom is 0.0213 e. The average molecular weight is 161 g/mol. The molecule has 1 aliphatic heterocycles. The second kappa shape index (κ2) is 2.36. The van der Waals surface area contributed by atoms with Crippen LogP contribution in [0.5, 0.6) is 0 Å². The van der Waals surface area contributed by atoms with Gasteiger partial charge in [-0.2, -0.15) is 0 Å². The molecule has 1 saturated carbocycles. The van der Waals surface area contributed by atoms with Gasteiger partial charge in [0.15, 0.2) is 0 Å². The van der Waals surface area contributed by atoms with Gasteiger partial charge >= 0.3 is 0 Å². The van der Waals surface area contributed by atoms with E-state index in [0.29, 0.717) is 0 Å². The molecule has 1 heterocycles. The van der Waals surface area contributed by atoms with Gasteiger partial charge in [0.2, 0.25) is 0 Å². The summed E-state index contributed by atoms with van der Waals surface area (Å²) in [6, 6.07) is 0.873. The number of thiol groups is 1. The molecule has 52 valence electrons. The third-order valence-corrected chi connectivity index (χ3v) is 3.75. The van der Waals surface area contributed by atoms with Crippen molar-refractivity contribution in [3.05, 3.63) is 0 Å². The van der Waals surface area contributed by atoms with Crippen LogP contribution < -0.4 is 0 Å². The van der Waals surface area contributed by atoms with E-state index in [-0.39, 0.29) is 0 Å². The van der Waals surface area contributed by atoms with Crippen molar-refractivity contribution >= 4 is 22.6 Å². The largest absolute Gasteiger partial charge is 0.238 e. The second-order valence-electron chi connectivity index (χ2n) is 3.01. The van der Waals surface area contributed by atoms with Gasteiger partial charge in [0.25, 0.3) is 0 Å². The van der Waals surface area contributed by atoms with Crippen molar-refractivity contribution in [2.75, 3.05) is 6.54 Å². The quantitative estimate of drug-likeness (QED) is 0.356. The maximum absolute atomic E-state index is 4.19. The Hall–Kier alpha value is 0.660. The SMILES string of the molecule is SSN1CC2CCC1C2. The Balaban J connectivity index is 2.01. The lowest BCUT2D eigenvalue weighted by Gasteiger charge is -2.22. The van der Waals surface area contributed by atoms with Crippen LogP contribution in [-0.4, -0.2) is 16.9 Å². The van der Waals surface area contributed by atoms with Crippen LogP contribution >= 0.6 is 22.6 Å². The molecule has 9 heavy (non-hydrogen) atoms. The second-order valence-corrected chi connectivity index (χ2v) is 4.14. The minimum Gasteiger partial charge on any atom is -0.238 e. The van der Waals surface area contributed by atoms with Crippen molar-refractivity contribution < 1.29 is 0 Å². The van der Waals surface area contributed by atoms with Gasteiger partial charge in [0.05, 0.1) is 0 Å². The predicted molar refractivity (Wildman–Crippen MR) is 44.4 cm³/mol. The lowest BCUT2D eigenvalue weighted by molar-refractivity contribution is 0.369. The van der Waals surface area contributed by atoms with E-state index in [1.54, 1.807) is 11.0 Å².